The number of aryl methyl sites for hydroxylation is 2. The van der Waals surface area contributed by atoms with E-state index in [1.807, 2.05) is 18.2 Å². The molecule has 2 aliphatic heterocycles. The summed E-state index contributed by atoms with van der Waals surface area (Å²) in [4.78, 5) is 0.335. The molecule has 1 aromatic carbocycles. The van der Waals surface area contributed by atoms with Crippen LogP contribution in [0.15, 0.2) is 23.1 Å². The number of hydrogen-bond acceptors (Lipinski definition) is 5. The van der Waals surface area contributed by atoms with Gasteiger partial charge in [-0.15, -0.1) is 0 Å². The molecule has 25 heavy (non-hydrogen) atoms. The van der Waals surface area contributed by atoms with Gasteiger partial charge in [-0.2, -0.15) is 9.40 Å². The molecule has 0 amide bonds. The molecule has 0 spiro atoms. The molecule has 1 saturated heterocycles. The number of sulfonamides is 1. The predicted molar refractivity (Wildman–Crippen MR) is 91.4 cm³/mol. The van der Waals surface area contributed by atoms with Gasteiger partial charge in [0.2, 0.25) is 16.8 Å². The lowest BCUT2D eigenvalue weighted by atomic mass is 9.98. The fourth-order valence-electron chi connectivity index (χ4n) is 3.64. The quantitative estimate of drug-likeness (QED) is 0.833. The van der Waals surface area contributed by atoms with Gasteiger partial charge >= 0.3 is 0 Å². The Balaban J connectivity index is 1.60. The second-order valence-electron chi connectivity index (χ2n) is 6.58. The summed E-state index contributed by atoms with van der Waals surface area (Å²) in [5, 5.41) is 4.25. The van der Waals surface area contributed by atoms with Crippen molar-refractivity contribution in [3.63, 3.8) is 0 Å². The van der Waals surface area contributed by atoms with E-state index >= 15 is 0 Å². The van der Waals surface area contributed by atoms with Crippen LogP contribution in [0.5, 0.6) is 11.5 Å². The first kappa shape index (κ1) is 16.4. The van der Waals surface area contributed by atoms with E-state index in [0.29, 0.717) is 29.4 Å². The SMILES string of the molecule is Cc1nn(C)c(C)c1S(=O)(=O)N1CCC(c2ccc3c(c2)OCO3)C1. The van der Waals surface area contributed by atoms with Crippen molar-refractivity contribution in [1.29, 1.82) is 0 Å². The molecule has 1 unspecified atom stereocenters. The Hall–Kier alpha value is -2.06. The van der Waals surface area contributed by atoms with Gasteiger partial charge in [-0.3, -0.25) is 4.68 Å². The molecule has 7 nitrogen and oxygen atoms in total. The highest BCUT2D eigenvalue weighted by atomic mass is 32.2. The second kappa shape index (κ2) is 5.74. The number of hydrogen-bond donors (Lipinski definition) is 0. The minimum Gasteiger partial charge on any atom is -0.454 e. The maximum atomic E-state index is 13.1. The molecule has 1 atom stereocenters. The third kappa shape index (κ3) is 2.60. The predicted octanol–water partition coefficient (Wildman–Crippen LogP) is 1.94. The highest BCUT2D eigenvalue weighted by Gasteiger charge is 2.36. The van der Waals surface area contributed by atoms with Crippen molar-refractivity contribution < 1.29 is 17.9 Å². The number of rotatable bonds is 3. The third-order valence-electron chi connectivity index (χ3n) is 5.06. The van der Waals surface area contributed by atoms with Gasteiger partial charge in [-0.05, 0) is 43.9 Å². The lowest BCUT2D eigenvalue weighted by molar-refractivity contribution is 0.174. The van der Waals surface area contributed by atoms with Gasteiger partial charge < -0.3 is 9.47 Å². The van der Waals surface area contributed by atoms with Crippen LogP contribution in [-0.4, -0.2) is 42.4 Å². The van der Waals surface area contributed by atoms with E-state index in [0.717, 1.165) is 23.5 Å². The first-order valence-corrected chi connectivity index (χ1v) is 9.72. The van der Waals surface area contributed by atoms with Crippen molar-refractivity contribution in [3.05, 3.63) is 35.2 Å². The first-order chi connectivity index (χ1) is 11.9. The van der Waals surface area contributed by atoms with Crippen LogP contribution in [0.1, 0.15) is 29.3 Å². The summed E-state index contributed by atoms with van der Waals surface area (Å²) >= 11 is 0. The van der Waals surface area contributed by atoms with E-state index in [1.54, 1.807) is 29.9 Å². The summed E-state index contributed by atoms with van der Waals surface area (Å²) in [7, 11) is -1.77. The minimum absolute atomic E-state index is 0.154. The Bertz CT molecular complexity index is 936. The van der Waals surface area contributed by atoms with Crippen LogP contribution in [0, 0.1) is 13.8 Å². The van der Waals surface area contributed by atoms with E-state index in [1.165, 1.54) is 0 Å². The molecular formula is C17H21N3O4S. The molecular weight excluding hydrogens is 342 g/mol. The van der Waals surface area contributed by atoms with Crippen LogP contribution < -0.4 is 9.47 Å². The molecule has 1 aromatic heterocycles. The van der Waals surface area contributed by atoms with Crippen molar-refractivity contribution in [1.82, 2.24) is 14.1 Å². The standard InChI is InChI=1S/C17H21N3O4S/c1-11-17(12(2)19(3)18-11)25(21,22)20-7-6-14(9-20)13-4-5-15-16(8-13)24-10-23-15/h4-5,8,14H,6-7,9-10H2,1-3H3. The Labute approximate surface area is 147 Å². The first-order valence-electron chi connectivity index (χ1n) is 8.28. The van der Waals surface area contributed by atoms with Crippen molar-refractivity contribution >= 4 is 10.0 Å². The summed E-state index contributed by atoms with van der Waals surface area (Å²) in [6, 6.07) is 5.85. The molecule has 3 heterocycles. The lowest BCUT2D eigenvalue weighted by Crippen LogP contribution is -2.29. The number of fused-ring (bicyclic) bond motifs is 1. The zero-order valence-corrected chi connectivity index (χ0v) is 15.3. The molecule has 1 fully saturated rings. The average molecular weight is 363 g/mol. The fourth-order valence-corrected chi connectivity index (χ4v) is 5.54. The van der Waals surface area contributed by atoms with Crippen LogP contribution in [0.25, 0.3) is 0 Å². The maximum absolute atomic E-state index is 13.1. The highest BCUT2D eigenvalue weighted by Crippen LogP contribution is 2.38. The molecule has 0 saturated carbocycles. The van der Waals surface area contributed by atoms with Crippen LogP contribution >= 0.6 is 0 Å². The van der Waals surface area contributed by atoms with E-state index in [2.05, 4.69) is 5.10 Å². The molecule has 2 aromatic rings. The fraction of sp³-hybridized carbons (Fsp3) is 0.471. The largest absolute Gasteiger partial charge is 0.454 e. The molecule has 0 radical (unpaired) electrons. The Morgan fingerprint density at radius 3 is 2.68 bits per heavy atom. The monoisotopic (exact) mass is 363 g/mol. The lowest BCUT2D eigenvalue weighted by Gasteiger charge is -2.17. The Morgan fingerprint density at radius 1 is 1.20 bits per heavy atom. The summed E-state index contributed by atoms with van der Waals surface area (Å²) in [6.07, 6.45) is 0.789. The summed E-state index contributed by atoms with van der Waals surface area (Å²) < 4.78 is 40.1. The van der Waals surface area contributed by atoms with Crippen molar-refractivity contribution in [2.75, 3.05) is 19.9 Å². The third-order valence-corrected chi connectivity index (χ3v) is 7.18. The number of aromatic nitrogens is 2. The van der Waals surface area contributed by atoms with Gasteiger partial charge in [0, 0.05) is 20.1 Å². The van der Waals surface area contributed by atoms with E-state index < -0.39 is 10.0 Å². The van der Waals surface area contributed by atoms with E-state index in [-0.39, 0.29) is 12.7 Å². The summed E-state index contributed by atoms with van der Waals surface area (Å²) in [5.74, 6) is 1.63. The van der Waals surface area contributed by atoms with Crippen LogP contribution in [-0.2, 0) is 17.1 Å². The normalized spacial score (nSPS) is 20.4. The highest BCUT2D eigenvalue weighted by molar-refractivity contribution is 7.89. The van der Waals surface area contributed by atoms with Crippen molar-refractivity contribution in [3.8, 4) is 11.5 Å². The van der Waals surface area contributed by atoms with Crippen LogP contribution in [0.2, 0.25) is 0 Å². The van der Waals surface area contributed by atoms with Gasteiger partial charge in [-0.25, -0.2) is 8.42 Å². The van der Waals surface area contributed by atoms with Gasteiger partial charge in [0.15, 0.2) is 11.5 Å². The number of nitrogens with zero attached hydrogens (tertiary/aromatic N) is 3. The van der Waals surface area contributed by atoms with E-state index in [4.69, 9.17) is 9.47 Å². The molecule has 4 rings (SSSR count). The number of benzene rings is 1. The molecule has 134 valence electrons. The zero-order valence-electron chi connectivity index (χ0n) is 14.5. The van der Waals surface area contributed by atoms with Gasteiger partial charge in [0.25, 0.3) is 0 Å². The minimum atomic E-state index is -3.54. The zero-order chi connectivity index (χ0) is 17.8. The van der Waals surface area contributed by atoms with Gasteiger partial charge in [0.1, 0.15) is 4.90 Å². The van der Waals surface area contributed by atoms with E-state index in [9.17, 15) is 8.42 Å². The molecule has 0 aliphatic carbocycles. The molecule has 2 aliphatic rings. The molecule has 8 heteroatoms. The Morgan fingerprint density at radius 2 is 1.96 bits per heavy atom. The smallest absolute Gasteiger partial charge is 0.246 e. The molecule has 0 N–H and O–H groups in total. The summed E-state index contributed by atoms with van der Waals surface area (Å²) in [6.45, 7) is 4.75. The number of ether oxygens (including phenoxy) is 2. The van der Waals surface area contributed by atoms with Crippen molar-refractivity contribution in [2.45, 2.75) is 31.1 Å². The van der Waals surface area contributed by atoms with Gasteiger partial charge in [-0.1, -0.05) is 6.07 Å². The second-order valence-corrected chi connectivity index (χ2v) is 8.46. The summed E-state index contributed by atoms with van der Waals surface area (Å²) in [5.41, 5.74) is 2.30. The average Bonchev–Trinajstić information content (AvgIpc) is 3.27. The molecule has 0 bridgehead atoms. The van der Waals surface area contributed by atoms with Crippen molar-refractivity contribution in [2.24, 2.45) is 7.05 Å². The maximum Gasteiger partial charge on any atom is 0.246 e. The Kier molecular flexibility index (Phi) is 3.77. The topological polar surface area (TPSA) is 73.7 Å². The van der Waals surface area contributed by atoms with Crippen LogP contribution in [0.4, 0.5) is 0 Å². The van der Waals surface area contributed by atoms with Crippen LogP contribution in [0.3, 0.4) is 0 Å². The van der Waals surface area contributed by atoms with Gasteiger partial charge in [0.05, 0.1) is 11.4 Å².